The van der Waals surface area contributed by atoms with Crippen molar-refractivity contribution in [1.82, 2.24) is 14.3 Å². The molecule has 3 aromatic rings. The predicted octanol–water partition coefficient (Wildman–Crippen LogP) is 2.84. The maximum absolute atomic E-state index is 10.9. The molecular formula is C11H7N3O3S2. The Balaban J connectivity index is 1.95. The summed E-state index contributed by atoms with van der Waals surface area (Å²) in [6, 6.07) is 4.58. The SMILES string of the molecule is Cc1nsc(Sc2nc3ccc(C(=O)O)cc3o2)n1. The molecule has 8 heteroatoms. The van der Waals surface area contributed by atoms with Crippen LogP contribution in [0.15, 0.2) is 32.2 Å². The Kier molecular flexibility index (Phi) is 2.96. The number of aromatic carboxylic acids is 1. The van der Waals surface area contributed by atoms with Gasteiger partial charge in [-0.15, -0.1) is 0 Å². The van der Waals surface area contributed by atoms with Crippen molar-refractivity contribution in [1.29, 1.82) is 0 Å². The number of hydrogen-bond acceptors (Lipinski definition) is 7. The van der Waals surface area contributed by atoms with Gasteiger partial charge in [0.15, 0.2) is 9.92 Å². The van der Waals surface area contributed by atoms with E-state index in [9.17, 15) is 4.79 Å². The fourth-order valence-electron chi connectivity index (χ4n) is 1.47. The molecule has 0 bridgehead atoms. The number of benzene rings is 1. The Hall–Kier alpha value is -1.93. The molecule has 0 unspecified atom stereocenters. The largest absolute Gasteiger partial charge is 0.478 e. The van der Waals surface area contributed by atoms with E-state index in [1.807, 2.05) is 6.92 Å². The van der Waals surface area contributed by atoms with E-state index in [0.29, 0.717) is 22.1 Å². The Morgan fingerprint density at radius 2 is 2.26 bits per heavy atom. The van der Waals surface area contributed by atoms with Gasteiger partial charge < -0.3 is 9.52 Å². The smallest absolute Gasteiger partial charge is 0.335 e. The van der Waals surface area contributed by atoms with E-state index in [4.69, 9.17) is 9.52 Å². The van der Waals surface area contributed by atoms with Crippen LogP contribution in [0.2, 0.25) is 0 Å². The zero-order valence-electron chi connectivity index (χ0n) is 9.65. The lowest BCUT2D eigenvalue weighted by atomic mass is 10.2. The quantitative estimate of drug-likeness (QED) is 0.794. The second kappa shape index (κ2) is 4.63. The molecule has 0 aliphatic carbocycles. The van der Waals surface area contributed by atoms with Gasteiger partial charge in [0.2, 0.25) is 0 Å². The summed E-state index contributed by atoms with van der Waals surface area (Å²) in [6.45, 7) is 1.81. The van der Waals surface area contributed by atoms with Gasteiger partial charge in [-0.3, -0.25) is 0 Å². The molecule has 0 amide bonds. The predicted molar refractivity (Wildman–Crippen MR) is 69.7 cm³/mol. The van der Waals surface area contributed by atoms with Crippen molar-refractivity contribution in [3.05, 3.63) is 29.6 Å². The molecule has 0 saturated carbocycles. The Morgan fingerprint density at radius 3 is 2.95 bits per heavy atom. The molecule has 0 saturated heterocycles. The number of fused-ring (bicyclic) bond motifs is 1. The topological polar surface area (TPSA) is 89.1 Å². The summed E-state index contributed by atoms with van der Waals surface area (Å²) in [5, 5.41) is 9.33. The molecule has 96 valence electrons. The molecule has 1 aromatic carbocycles. The number of aromatic nitrogens is 3. The summed E-state index contributed by atoms with van der Waals surface area (Å²) < 4.78 is 10.3. The van der Waals surface area contributed by atoms with Crippen molar-refractivity contribution < 1.29 is 14.3 Å². The van der Waals surface area contributed by atoms with Crippen molar-refractivity contribution >= 4 is 40.4 Å². The van der Waals surface area contributed by atoms with Gasteiger partial charge in [0, 0.05) is 11.8 Å². The van der Waals surface area contributed by atoms with E-state index in [2.05, 4.69) is 14.3 Å². The van der Waals surface area contributed by atoms with Crippen LogP contribution < -0.4 is 0 Å². The van der Waals surface area contributed by atoms with Crippen LogP contribution in [-0.4, -0.2) is 25.4 Å². The van der Waals surface area contributed by atoms with E-state index < -0.39 is 5.97 Å². The maximum atomic E-state index is 10.9. The summed E-state index contributed by atoms with van der Waals surface area (Å²) >= 11 is 2.54. The number of carboxylic acid groups (broad SMARTS) is 1. The summed E-state index contributed by atoms with van der Waals surface area (Å²) in [6.07, 6.45) is 0. The van der Waals surface area contributed by atoms with E-state index in [1.54, 1.807) is 6.07 Å². The van der Waals surface area contributed by atoms with Gasteiger partial charge in [0.25, 0.3) is 5.22 Å². The molecule has 0 fully saturated rings. The normalized spacial score (nSPS) is 11.0. The molecule has 2 heterocycles. The highest BCUT2D eigenvalue weighted by atomic mass is 32.2. The lowest BCUT2D eigenvalue weighted by Crippen LogP contribution is -1.94. The van der Waals surface area contributed by atoms with E-state index >= 15 is 0 Å². The second-order valence-electron chi connectivity index (χ2n) is 3.68. The van der Waals surface area contributed by atoms with Gasteiger partial charge in [-0.25, -0.2) is 14.8 Å². The number of oxazole rings is 1. The Morgan fingerprint density at radius 1 is 1.42 bits per heavy atom. The minimum absolute atomic E-state index is 0.173. The average Bonchev–Trinajstić information content (AvgIpc) is 2.94. The molecule has 0 atom stereocenters. The summed E-state index contributed by atoms with van der Waals surface area (Å²) in [5.41, 5.74) is 1.24. The Bertz CT molecular complexity index is 765. The summed E-state index contributed by atoms with van der Waals surface area (Å²) in [5.74, 6) is -0.288. The molecular weight excluding hydrogens is 286 g/mol. The molecule has 0 aliphatic rings. The van der Waals surface area contributed by atoms with Crippen LogP contribution in [0.25, 0.3) is 11.1 Å². The van der Waals surface area contributed by atoms with E-state index in [0.717, 1.165) is 4.34 Å². The zero-order valence-corrected chi connectivity index (χ0v) is 11.3. The lowest BCUT2D eigenvalue weighted by molar-refractivity contribution is 0.0697. The van der Waals surface area contributed by atoms with Crippen molar-refractivity contribution in [2.24, 2.45) is 0 Å². The number of carbonyl (C=O) groups is 1. The number of nitrogens with zero attached hydrogens (tertiary/aromatic N) is 3. The van der Waals surface area contributed by atoms with E-state index in [1.165, 1.54) is 35.4 Å². The highest BCUT2D eigenvalue weighted by Crippen LogP contribution is 2.31. The molecule has 6 nitrogen and oxygen atoms in total. The monoisotopic (exact) mass is 293 g/mol. The van der Waals surface area contributed by atoms with Crippen LogP contribution in [0.4, 0.5) is 0 Å². The molecule has 2 aromatic heterocycles. The fraction of sp³-hybridized carbons (Fsp3) is 0.0909. The summed E-state index contributed by atoms with van der Waals surface area (Å²) in [7, 11) is 0. The second-order valence-corrected chi connectivity index (χ2v) is 5.63. The van der Waals surface area contributed by atoms with Crippen LogP contribution >= 0.6 is 23.3 Å². The standard InChI is InChI=1S/C11H7N3O3S2/c1-5-12-11(19-14-5)18-10-13-7-3-2-6(9(15)16)4-8(7)17-10/h2-4H,1H3,(H,15,16). The first-order valence-electron chi connectivity index (χ1n) is 5.24. The highest BCUT2D eigenvalue weighted by molar-refractivity contribution is 8.00. The zero-order chi connectivity index (χ0) is 13.4. The number of carboxylic acids is 1. The molecule has 0 radical (unpaired) electrons. The van der Waals surface area contributed by atoms with Crippen LogP contribution in [0.1, 0.15) is 16.2 Å². The number of rotatable bonds is 3. The van der Waals surface area contributed by atoms with Crippen molar-refractivity contribution in [2.45, 2.75) is 16.5 Å². The highest BCUT2D eigenvalue weighted by Gasteiger charge is 2.12. The number of aryl methyl sites for hydroxylation is 1. The van der Waals surface area contributed by atoms with Gasteiger partial charge in [-0.05, 0) is 36.7 Å². The first-order valence-corrected chi connectivity index (χ1v) is 6.83. The van der Waals surface area contributed by atoms with Crippen LogP contribution in [-0.2, 0) is 0 Å². The van der Waals surface area contributed by atoms with Crippen molar-refractivity contribution in [3.8, 4) is 0 Å². The first kappa shape index (κ1) is 12.1. The van der Waals surface area contributed by atoms with Crippen LogP contribution in [0, 0.1) is 6.92 Å². The average molecular weight is 293 g/mol. The third kappa shape index (κ3) is 2.45. The Labute approximate surface area is 115 Å². The lowest BCUT2D eigenvalue weighted by Gasteiger charge is -1.91. The molecule has 0 spiro atoms. The van der Waals surface area contributed by atoms with Gasteiger partial charge in [0.05, 0.1) is 5.56 Å². The van der Waals surface area contributed by atoms with Gasteiger partial charge >= 0.3 is 5.97 Å². The van der Waals surface area contributed by atoms with Crippen LogP contribution in [0.3, 0.4) is 0 Å². The minimum Gasteiger partial charge on any atom is -0.478 e. The molecule has 1 N–H and O–H groups in total. The molecule has 19 heavy (non-hydrogen) atoms. The van der Waals surface area contributed by atoms with E-state index in [-0.39, 0.29) is 5.56 Å². The third-order valence-corrected chi connectivity index (χ3v) is 3.99. The van der Waals surface area contributed by atoms with Crippen LogP contribution in [0.5, 0.6) is 0 Å². The fourth-order valence-corrected chi connectivity index (χ4v) is 2.98. The van der Waals surface area contributed by atoms with Gasteiger partial charge in [-0.2, -0.15) is 4.37 Å². The third-order valence-electron chi connectivity index (χ3n) is 2.30. The van der Waals surface area contributed by atoms with Gasteiger partial charge in [0.1, 0.15) is 11.3 Å². The van der Waals surface area contributed by atoms with Gasteiger partial charge in [-0.1, -0.05) is 0 Å². The number of hydrogen-bond donors (Lipinski definition) is 1. The summed E-state index contributed by atoms with van der Waals surface area (Å²) in [4.78, 5) is 19.3. The van der Waals surface area contributed by atoms with Crippen molar-refractivity contribution in [3.63, 3.8) is 0 Å². The minimum atomic E-state index is -0.993. The maximum Gasteiger partial charge on any atom is 0.335 e. The first-order chi connectivity index (χ1) is 9.11. The molecule has 3 rings (SSSR count). The molecule has 0 aliphatic heterocycles. The van der Waals surface area contributed by atoms with Crippen molar-refractivity contribution in [2.75, 3.05) is 0 Å².